The van der Waals surface area contributed by atoms with E-state index in [2.05, 4.69) is 19.2 Å². The quantitative estimate of drug-likeness (QED) is 0.548. The van der Waals surface area contributed by atoms with Crippen molar-refractivity contribution < 1.29 is 9.59 Å². The van der Waals surface area contributed by atoms with Gasteiger partial charge in [-0.25, -0.2) is 0 Å². The lowest BCUT2D eigenvalue weighted by Crippen LogP contribution is -1.88. The zero-order valence-corrected chi connectivity index (χ0v) is 14.4. The fraction of sp³-hybridized carbons (Fsp3) is 0.0526. The highest BCUT2D eigenvalue weighted by Gasteiger charge is 2.07. The molecule has 0 amide bonds. The van der Waals surface area contributed by atoms with Crippen LogP contribution in [0.1, 0.15) is 5.56 Å². The van der Waals surface area contributed by atoms with Gasteiger partial charge in [-0.3, -0.25) is 9.59 Å². The molecule has 2 nitrogen and oxygen atoms in total. The molecule has 0 unspecified atom stereocenters. The maximum atomic E-state index is 11.4. The van der Waals surface area contributed by atoms with Crippen molar-refractivity contribution in [3.63, 3.8) is 0 Å². The Hall–Kier alpha value is -2.04. The van der Waals surface area contributed by atoms with Crippen molar-refractivity contribution in [3.8, 4) is 11.1 Å². The SMILES string of the molecule is C=CC(=O)Sc1ccc(-c2ccc(SC(=O)C=C)c(C)c2)cc1. The second-order valence-corrected chi connectivity index (χ2v) is 6.88. The van der Waals surface area contributed by atoms with Gasteiger partial charge in [-0.1, -0.05) is 37.4 Å². The highest BCUT2D eigenvalue weighted by Crippen LogP contribution is 2.30. The van der Waals surface area contributed by atoms with Crippen LogP contribution in [0, 0.1) is 6.92 Å². The van der Waals surface area contributed by atoms with Crippen LogP contribution in [-0.4, -0.2) is 10.2 Å². The largest absolute Gasteiger partial charge is 0.282 e. The zero-order valence-electron chi connectivity index (χ0n) is 12.7. The molecule has 0 N–H and O–H groups in total. The molecule has 23 heavy (non-hydrogen) atoms. The molecular weight excluding hydrogens is 324 g/mol. The van der Waals surface area contributed by atoms with Crippen LogP contribution >= 0.6 is 23.5 Å². The van der Waals surface area contributed by atoms with Crippen LogP contribution in [0.2, 0.25) is 0 Å². The Kier molecular flexibility index (Phi) is 6.02. The minimum atomic E-state index is -0.0677. The Morgan fingerprint density at radius 3 is 2.00 bits per heavy atom. The molecule has 0 aliphatic heterocycles. The fourth-order valence-corrected chi connectivity index (χ4v) is 3.21. The first kappa shape index (κ1) is 17.3. The number of hydrogen-bond donors (Lipinski definition) is 0. The van der Waals surface area contributed by atoms with Gasteiger partial charge in [0, 0.05) is 9.79 Å². The van der Waals surface area contributed by atoms with E-state index in [9.17, 15) is 9.59 Å². The van der Waals surface area contributed by atoms with Gasteiger partial charge in [0.25, 0.3) is 0 Å². The lowest BCUT2D eigenvalue weighted by molar-refractivity contribution is -0.107. The van der Waals surface area contributed by atoms with Gasteiger partial charge in [0.1, 0.15) is 0 Å². The summed E-state index contributed by atoms with van der Waals surface area (Å²) in [6, 6.07) is 13.8. The van der Waals surface area contributed by atoms with Gasteiger partial charge in [-0.05, 0) is 77.5 Å². The monoisotopic (exact) mass is 340 g/mol. The third-order valence-electron chi connectivity index (χ3n) is 3.12. The summed E-state index contributed by atoms with van der Waals surface area (Å²) in [4.78, 5) is 24.6. The predicted molar refractivity (Wildman–Crippen MR) is 98.7 cm³/mol. The molecule has 0 saturated heterocycles. The molecule has 116 valence electrons. The maximum Gasteiger partial charge on any atom is 0.216 e. The topological polar surface area (TPSA) is 34.1 Å². The van der Waals surface area contributed by atoms with Crippen LogP contribution in [0.15, 0.2) is 77.6 Å². The molecule has 0 saturated carbocycles. The average Bonchev–Trinajstić information content (AvgIpc) is 2.57. The van der Waals surface area contributed by atoms with Crippen molar-refractivity contribution in [2.75, 3.05) is 0 Å². The van der Waals surface area contributed by atoms with Crippen LogP contribution in [-0.2, 0) is 9.59 Å². The van der Waals surface area contributed by atoms with Gasteiger partial charge >= 0.3 is 0 Å². The van der Waals surface area contributed by atoms with Gasteiger partial charge in [0.2, 0.25) is 10.2 Å². The molecule has 2 aromatic rings. The van der Waals surface area contributed by atoms with Gasteiger partial charge in [0.15, 0.2) is 0 Å². The highest BCUT2D eigenvalue weighted by atomic mass is 32.2. The van der Waals surface area contributed by atoms with E-state index in [1.54, 1.807) is 0 Å². The van der Waals surface area contributed by atoms with Crippen LogP contribution in [0.5, 0.6) is 0 Å². The van der Waals surface area contributed by atoms with E-state index in [0.717, 1.165) is 38.2 Å². The van der Waals surface area contributed by atoms with Crippen molar-refractivity contribution in [3.05, 3.63) is 73.3 Å². The molecule has 0 fully saturated rings. The zero-order chi connectivity index (χ0) is 16.8. The molecule has 0 spiro atoms. The number of hydrogen-bond acceptors (Lipinski definition) is 4. The molecule has 2 aromatic carbocycles. The number of thioether (sulfide) groups is 2. The molecule has 2 rings (SSSR count). The van der Waals surface area contributed by atoms with Crippen molar-refractivity contribution in [2.45, 2.75) is 16.7 Å². The molecule has 0 aliphatic carbocycles. The van der Waals surface area contributed by atoms with Crippen molar-refractivity contribution >= 4 is 33.8 Å². The number of benzene rings is 2. The van der Waals surface area contributed by atoms with Crippen molar-refractivity contribution in [1.82, 2.24) is 0 Å². The fourth-order valence-electron chi connectivity index (χ4n) is 1.97. The summed E-state index contributed by atoms with van der Waals surface area (Å²) < 4.78 is 0. The maximum absolute atomic E-state index is 11.4. The van der Waals surface area contributed by atoms with E-state index >= 15 is 0 Å². The molecule has 0 atom stereocenters. The van der Waals surface area contributed by atoms with E-state index in [1.807, 2.05) is 43.3 Å². The Bertz CT molecular complexity index is 761. The molecule has 4 heteroatoms. The molecular formula is C19H16O2S2. The number of carbonyl (C=O) groups excluding carboxylic acids is 2. The Morgan fingerprint density at radius 2 is 1.43 bits per heavy atom. The second kappa shape index (κ2) is 7.99. The molecule has 0 bridgehead atoms. The van der Waals surface area contributed by atoms with Crippen LogP contribution < -0.4 is 0 Å². The standard InChI is InChI=1S/C19H16O2S2/c1-4-18(20)22-16-9-6-14(7-10-16)15-8-11-17(13(3)12-15)23-19(21)5-2/h4-12H,1-2H2,3H3. The second-order valence-electron chi connectivity index (χ2n) is 4.76. The Morgan fingerprint density at radius 1 is 0.870 bits per heavy atom. The van der Waals surface area contributed by atoms with Crippen LogP contribution in [0.4, 0.5) is 0 Å². The Balaban J connectivity index is 2.20. The molecule has 0 aromatic heterocycles. The first-order chi connectivity index (χ1) is 11.0. The van der Waals surface area contributed by atoms with E-state index < -0.39 is 0 Å². The number of carbonyl (C=O) groups is 2. The highest BCUT2D eigenvalue weighted by molar-refractivity contribution is 8.14. The summed E-state index contributed by atoms with van der Waals surface area (Å²) in [6.45, 7) is 8.93. The first-order valence-corrected chi connectivity index (χ1v) is 8.56. The van der Waals surface area contributed by atoms with E-state index in [1.165, 1.54) is 23.9 Å². The van der Waals surface area contributed by atoms with Crippen molar-refractivity contribution in [1.29, 1.82) is 0 Å². The van der Waals surface area contributed by atoms with Gasteiger partial charge < -0.3 is 0 Å². The lowest BCUT2D eigenvalue weighted by atomic mass is 10.0. The van der Waals surface area contributed by atoms with Gasteiger partial charge in [-0.15, -0.1) is 0 Å². The minimum absolute atomic E-state index is 0.0610. The summed E-state index contributed by atoms with van der Waals surface area (Å²) in [7, 11) is 0. The summed E-state index contributed by atoms with van der Waals surface area (Å²) in [5.74, 6) is 0. The summed E-state index contributed by atoms with van der Waals surface area (Å²) in [5.41, 5.74) is 3.18. The first-order valence-electron chi connectivity index (χ1n) is 6.93. The van der Waals surface area contributed by atoms with Crippen LogP contribution in [0.3, 0.4) is 0 Å². The third kappa shape index (κ3) is 4.71. The molecule has 0 aliphatic rings. The smallest absolute Gasteiger partial charge is 0.216 e. The van der Waals surface area contributed by atoms with E-state index in [0.29, 0.717) is 0 Å². The lowest BCUT2D eigenvalue weighted by Gasteiger charge is -2.08. The van der Waals surface area contributed by atoms with Gasteiger partial charge in [-0.2, -0.15) is 0 Å². The van der Waals surface area contributed by atoms with Crippen LogP contribution in [0.25, 0.3) is 11.1 Å². The normalized spacial score (nSPS) is 10.1. The minimum Gasteiger partial charge on any atom is -0.282 e. The van der Waals surface area contributed by atoms with E-state index in [4.69, 9.17) is 0 Å². The predicted octanol–water partition coefficient (Wildman–Crippen LogP) is 5.27. The summed E-state index contributed by atoms with van der Waals surface area (Å²) in [5, 5.41) is -0.129. The Labute approximate surface area is 144 Å². The molecule has 0 radical (unpaired) electrons. The van der Waals surface area contributed by atoms with Gasteiger partial charge in [0.05, 0.1) is 0 Å². The summed E-state index contributed by atoms with van der Waals surface area (Å²) in [6.07, 6.45) is 2.63. The third-order valence-corrected chi connectivity index (χ3v) is 5.05. The number of aryl methyl sites for hydroxylation is 1. The van der Waals surface area contributed by atoms with E-state index in [-0.39, 0.29) is 10.2 Å². The average molecular weight is 340 g/mol. The number of rotatable bonds is 5. The molecule has 0 heterocycles. The van der Waals surface area contributed by atoms with Crippen molar-refractivity contribution in [2.24, 2.45) is 0 Å². The summed E-state index contributed by atoms with van der Waals surface area (Å²) >= 11 is 2.33.